The molecule has 0 aromatic carbocycles. The second kappa shape index (κ2) is 5.34. The molecular weight excluding hydrogens is 236 g/mol. The first-order chi connectivity index (χ1) is 9.09. The van der Waals surface area contributed by atoms with Gasteiger partial charge in [0.1, 0.15) is 0 Å². The maximum absolute atomic E-state index is 5.98. The lowest BCUT2D eigenvalue weighted by atomic mass is 9.55. The first-order valence-electron chi connectivity index (χ1n) is 8.12. The minimum atomic E-state index is 0.325. The van der Waals surface area contributed by atoms with Gasteiger partial charge >= 0.3 is 0 Å². The van der Waals surface area contributed by atoms with Crippen molar-refractivity contribution in [3.05, 3.63) is 0 Å². The minimum Gasteiger partial charge on any atom is -0.377 e. The molecule has 0 bridgehead atoms. The molecule has 0 aromatic heterocycles. The molecule has 3 rings (SSSR count). The fourth-order valence-corrected chi connectivity index (χ4v) is 4.67. The second-order valence-corrected chi connectivity index (χ2v) is 7.58. The Morgan fingerprint density at radius 3 is 2.89 bits per heavy atom. The van der Waals surface area contributed by atoms with Crippen LogP contribution in [-0.4, -0.2) is 50.3 Å². The van der Waals surface area contributed by atoms with Crippen LogP contribution in [0.3, 0.4) is 0 Å². The molecule has 4 atom stereocenters. The number of ether oxygens (including phenoxy) is 1. The molecule has 4 unspecified atom stereocenters. The van der Waals surface area contributed by atoms with Crippen LogP contribution in [-0.2, 0) is 4.74 Å². The van der Waals surface area contributed by atoms with Crippen molar-refractivity contribution < 1.29 is 4.74 Å². The lowest BCUT2D eigenvalue weighted by molar-refractivity contribution is -0.193. The molecular formula is C16H30N2O. The number of hydrogen-bond acceptors (Lipinski definition) is 3. The second-order valence-electron chi connectivity index (χ2n) is 7.58. The van der Waals surface area contributed by atoms with Crippen LogP contribution in [0.4, 0.5) is 0 Å². The highest BCUT2D eigenvalue weighted by atomic mass is 16.5. The van der Waals surface area contributed by atoms with E-state index in [1.807, 2.05) is 0 Å². The number of nitrogens with one attached hydrogen (secondary N) is 1. The zero-order chi connectivity index (χ0) is 13.5. The fraction of sp³-hybridized carbons (Fsp3) is 1.00. The maximum Gasteiger partial charge on any atom is 0.0684 e. The smallest absolute Gasteiger partial charge is 0.0684 e. The van der Waals surface area contributed by atoms with Gasteiger partial charge in [-0.25, -0.2) is 0 Å². The third-order valence-electron chi connectivity index (χ3n) is 5.68. The lowest BCUT2D eigenvalue weighted by Gasteiger charge is -2.60. The van der Waals surface area contributed by atoms with Gasteiger partial charge in [0.25, 0.3) is 0 Å². The van der Waals surface area contributed by atoms with Gasteiger partial charge in [-0.15, -0.1) is 0 Å². The highest BCUT2D eigenvalue weighted by Crippen LogP contribution is 2.51. The van der Waals surface area contributed by atoms with E-state index < -0.39 is 0 Å². The molecule has 0 radical (unpaired) electrons. The number of rotatable bonds is 3. The Labute approximate surface area is 118 Å². The van der Waals surface area contributed by atoms with Crippen LogP contribution in [0.5, 0.6) is 0 Å². The van der Waals surface area contributed by atoms with Crippen LogP contribution in [0, 0.1) is 17.3 Å². The number of nitrogens with zero attached hydrogens (tertiary/aromatic N) is 1. The number of piperidine rings is 1. The number of hydrogen-bond donors (Lipinski definition) is 1. The van der Waals surface area contributed by atoms with Crippen LogP contribution in [0.2, 0.25) is 0 Å². The van der Waals surface area contributed by atoms with Crippen molar-refractivity contribution in [3.63, 3.8) is 0 Å². The van der Waals surface area contributed by atoms with Gasteiger partial charge in [0.2, 0.25) is 0 Å². The van der Waals surface area contributed by atoms with Gasteiger partial charge < -0.3 is 15.0 Å². The van der Waals surface area contributed by atoms with Gasteiger partial charge in [-0.05, 0) is 51.7 Å². The van der Waals surface area contributed by atoms with Crippen molar-refractivity contribution in [2.45, 2.75) is 51.7 Å². The highest BCUT2D eigenvalue weighted by Gasteiger charge is 2.57. The first kappa shape index (κ1) is 13.8. The van der Waals surface area contributed by atoms with Crippen LogP contribution in [0.1, 0.15) is 39.5 Å². The van der Waals surface area contributed by atoms with E-state index in [2.05, 4.69) is 31.1 Å². The molecule has 1 aliphatic carbocycles. The number of fused-ring (bicyclic) bond motifs is 1. The van der Waals surface area contributed by atoms with Crippen molar-refractivity contribution in [2.24, 2.45) is 17.3 Å². The summed E-state index contributed by atoms with van der Waals surface area (Å²) in [5, 5.41) is 3.89. The molecule has 1 saturated carbocycles. The molecule has 3 nitrogen and oxygen atoms in total. The molecule has 0 spiro atoms. The van der Waals surface area contributed by atoms with Gasteiger partial charge in [-0.2, -0.15) is 0 Å². The van der Waals surface area contributed by atoms with Crippen molar-refractivity contribution in [3.8, 4) is 0 Å². The van der Waals surface area contributed by atoms with Crippen LogP contribution in [0.25, 0.3) is 0 Å². The summed E-state index contributed by atoms with van der Waals surface area (Å²) in [5.74, 6) is 1.61. The normalized spacial score (nSPS) is 42.5. The zero-order valence-corrected chi connectivity index (χ0v) is 12.8. The van der Waals surface area contributed by atoms with Crippen molar-refractivity contribution >= 4 is 0 Å². The molecule has 0 aromatic rings. The average molecular weight is 266 g/mol. The SMILES string of the molecule is CN1CCCC(CNC2C3CCCOC3C2(C)C)C1. The predicted molar refractivity (Wildman–Crippen MR) is 78.3 cm³/mol. The van der Waals surface area contributed by atoms with Gasteiger partial charge in [-0.1, -0.05) is 13.8 Å². The Bertz CT molecular complexity index is 318. The molecule has 0 amide bonds. The van der Waals surface area contributed by atoms with Crippen LogP contribution < -0.4 is 5.32 Å². The number of likely N-dealkylation sites (tertiary alicyclic amines) is 1. The Morgan fingerprint density at radius 2 is 2.11 bits per heavy atom. The molecule has 110 valence electrons. The van der Waals surface area contributed by atoms with Crippen LogP contribution >= 0.6 is 0 Å². The van der Waals surface area contributed by atoms with E-state index in [0.29, 0.717) is 17.6 Å². The van der Waals surface area contributed by atoms with E-state index in [1.165, 1.54) is 45.3 Å². The van der Waals surface area contributed by atoms with Gasteiger partial charge in [0.15, 0.2) is 0 Å². The van der Waals surface area contributed by atoms with Gasteiger partial charge in [0.05, 0.1) is 6.10 Å². The summed E-state index contributed by atoms with van der Waals surface area (Å²) < 4.78 is 5.98. The molecule has 2 aliphatic heterocycles. The molecule has 19 heavy (non-hydrogen) atoms. The monoisotopic (exact) mass is 266 g/mol. The maximum atomic E-state index is 5.98. The van der Waals surface area contributed by atoms with E-state index >= 15 is 0 Å². The van der Waals surface area contributed by atoms with Crippen molar-refractivity contribution in [1.82, 2.24) is 10.2 Å². The molecule has 2 saturated heterocycles. The summed E-state index contributed by atoms with van der Waals surface area (Å²) in [6, 6.07) is 0.671. The van der Waals surface area contributed by atoms with Gasteiger partial charge in [-0.3, -0.25) is 0 Å². The third-order valence-corrected chi connectivity index (χ3v) is 5.68. The minimum absolute atomic E-state index is 0.325. The van der Waals surface area contributed by atoms with Crippen LogP contribution in [0.15, 0.2) is 0 Å². The summed E-state index contributed by atoms with van der Waals surface area (Å²) in [7, 11) is 2.25. The topological polar surface area (TPSA) is 24.5 Å². The Balaban J connectivity index is 1.52. The van der Waals surface area contributed by atoms with E-state index in [4.69, 9.17) is 4.74 Å². The average Bonchev–Trinajstić information content (AvgIpc) is 2.39. The summed E-state index contributed by atoms with van der Waals surface area (Å²) in [6.07, 6.45) is 5.88. The highest BCUT2D eigenvalue weighted by molar-refractivity contribution is 5.10. The standard InChI is InChI=1S/C16H30N2O/c1-16(2)14(13-7-5-9-19-15(13)16)17-10-12-6-4-8-18(3)11-12/h12-15,17H,4-11H2,1-3H3. The third kappa shape index (κ3) is 2.57. The molecule has 3 aliphatic rings. The largest absolute Gasteiger partial charge is 0.377 e. The van der Waals surface area contributed by atoms with E-state index in [1.54, 1.807) is 0 Å². The summed E-state index contributed by atoms with van der Waals surface area (Å²) in [5.41, 5.74) is 0.325. The Hall–Kier alpha value is -0.120. The molecule has 3 fully saturated rings. The summed E-state index contributed by atoms with van der Waals surface area (Å²) >= 11 is 0. The van der Waals surface area contributed by atoms with E-state index in [9.17, 15) is 0 Å². The first-order valence-corrected chi connectivity index (χ1v) is 8.12. The van der Waals surface area contributed by atoms with Crippen molar-refractivity contribution in [2.75, 3.05) is 33.3 Å². The Morgan fingerprint density at radius 1 is 1.26 bits per heavy atom. The van der Waals surface area contributed by atoms with E-state index in [0.717, 1.165) is 18.4 Å². The van der Waals surface area contributed by atoms with Gasteiger partial charge in [0, 0.05) is 30.5 Å². The lowest BCUT2D eigenvalue weighted by Crippen LogP contribution is -2.69. The molecule has 2 heterocycles. The molecule has 3 heteroatoms. The Kier molecular flexibility index (Phi) is 3.89. The molecule has 1 N–H and O–H groups in total. The quantitative estimate of drug-likeness (QED) is 0.847. The zero-order valence-electron chi connectivity index (χ0n) is 12.8. The summed E-state index contributed by atoms with van der Waals surface area (Å²) in [6.45, 7) is 9.48. The summed E-state index contributed by atoms with van der Waals surface area (Å²) in [4.78, 5) is 2.48. The van der Waals surface area contributed by atoms with E-state index in [-0.39, 0.29) is 0 Å². The van der Waals surface area contributed by atoms with Crippen molar-refractivity contribution in [1.29, 1.82) is 0 Å². The fourth-order valence-electron chi connectivity index (χ4n) is 4.67. The predicted octanol–water partition coefficient (Wildman–Crippen LogP) is 2.12.